The Morgan fingerprint density at radius 3 is 2.83 bits per heavy atom. The van der Waals surface area contributed by atoms with Crippen LogP contribution in [-0.2, 0) is 5.75 Å². The molecule has 0 aliphatic carbocycles. The molecule has 0 heterocycles. The molecule has 0 bridgehead atoms. The van der Waals surface area contributed by atoms with Gasteiger partial charge in [0.25, 0.3) is 0 Å². The third-order valence-corrected chi connectivity index (χ3v) is 2.43. The smallest absolute Gasteiger partial charge is 0.126 e. The zero-order chi connectivity index (χ0) is 8.97. The fourth-order valence-electron chi connectivity index (χ4n) is 0.871. The highest BCUT2D eigenvalue weighted by Gasteiger charge is 2.01. The third-order valence-electron chi connectivity index (χ3n) is 1.51. The Labute approximate surface area is 75.6 Å². The predicted molar refractivity (Wildman–Crippen MR) is 49.9 cm³/mol. The zero-order valence-electron chi connectivity index (χ0n) is 6.88. The number of benzene rings is 1. The van der Waals surface area contributed by atoms with Crippen molar-refractivity contribution in [3.63, 3.8) is 0 Å². The van der Waals surface area contributed by atoms with Gasteiger partial charge in [-0.2, -0.15) is 11.8 Å². The number of phenols is 1. The number of aromatic hydroxyl groups is 1. The van der Waals surface area contributed by atoms with Crippen LogP contribution in [0.5, 0.6) is 5.75 Å². The lowest BCUT2D eigenvalue weighted by Gasteiger charge is -2.02. The van der Waals surface area contributed by atoms with Gasteiger partial charge in [-0.1, -0.05) is 13.0 Å². The number of rotatable bonds is 3. The summed E-state index contributed by atoms with van der Waals surface area (Å²) in [4.78, 5) is 0. The van der Waals surface area contributed by atoms with Crippen LogP contribution < -0.4 is 0 Å². The fourth-order valence-corrected chi connectivity index (χ4v) is 1.54. The first-order chi connectivity index (χ1) is 5.74. The van der Waals surface area contributed by atoms with Gasteiger partial charge in [0.2, 0.25) is 0 Å². The van der Waals surface area contributed by atoms with E-state index in [9.17, 15) is 9.50 Å². The maximum absolute atomic E-state index is 12.5. The molecule has 0 spiro atoms. The van der Waals surface area contributed by atoms with Gasteiger partial charge in [0.1, 0.15) is 11.6 Å². The van der Waals surface area contributed by atoms with Crippen molar-refractivity contribution in [3.8, 4) is 5.75 Å². The molecule has 0 aliphatic rings. The molecule has 0 aliphatic heterocycles. The molecule has 0 atom stereocenters. The first kappa shape index (κ1) is 9.39. The van der Waals surface area contributed by atoms with Gasteiger partial charge >= 0.3 is 0 Å². The van der Waals surface area contributed by atoms with Crippen molar-refractivity contribution in [2.75, 3.05) is 5.75 Å². The van der Waals surface area contributed by atoms with Crippen molar-refractivity contribution >= 4 is 11.8 Å². The van der Waals surface area contributed by atoms with E-state index in [4.69, 9.17) is 0 Å². The summed E-state index contributed by atoms with van der Waals surface area (Å²) < 4.78 is 12.5. The highest BCUT2D eigenvalue weighted by Crippen LogP contribution is 2.22. The van der Waals surface area contributed by atoms with Crippen LogP contribution in [0.3, 0.4) is 0 Å². The standard InChI is InChI=1S/C9H11FOS/c1-2-12-6-7-3-4-8(10)5-9(7)11/h3-5,11H,2,6H2,1H3. The number of thioether (sulfide) groups is 1. The molecule has 0 amide bonds. The highest BCUT2D eigenvalue weighted by atomic mass is 32.2. The second kappa shape index (κ2) is 4.36. The van der Waals surface area contributed by atoms with Gasteiger partial charge in [0.15, 0.2) is 0 Å². The Balaban J connectivity index is 2.72. The van der Waals surface area contributed by atoms with Crippen molar-refractivity contribution < 1.29 is 9.50 Å². The summed E-state index contributed by atoms with van der Waals surface area (Å²) in [6.07, 6.45) is 0. The van der Waals surface area contributed by atoms with Crippen molar-refractivity contribution in [2.45, 2.75) is 12.7 Å². The van der Waals surface area contributed by atoms with Crippen LogP contribution in [0.2, 0.25) is 0 Å². The van der Waals surface area contributed by atoms with Gasteiger partial charge < -0.3 is 5.11 Å². The van der Waals surface area contributed by atoms with Gasteiger partial charge in [0, 0.05) is 17.4 Å². The van der Waals surface area contributed by atoms with E-state index in [1.807, 2.05) is 6.92 Å². The van der Waals surface area contributed by atoms with Gasteiger partial charge in [-0.3, -0.25) is 0 Å². The Kier molecular flexibility index (Phi) is 3.41. The van der Waals surface area contributed by atoms with E-state index in [2.05, 4.69) is 0 Å². The molecule has 12 heavy (non-hydrogen) atoms. The van der Waals surface area contributed by atoms with Crippen molar-refractivity contribution in [3.05, 3.63) is 29.6 Å². The SMILES string of the molecule is CCSCc1ccc(F)cc1O. The monoisotopic (exact) mass is 186 g/mol. The minimum atomic E-state index is -0.391. The predicted octanol–water partition coefficient (Wildman–Crippen LogP) is 2.78. The second-order valence-corrected chi connectivity index (χ2v) is 3.68. The molecule has 1 nitrogen and oxygen atoms in total. The Morgan fingerprint density at radius 2 is 2.25 bits per heavy atom. The van der Waals surface area contributed by atoms with Crippen LogP contribution in [0.4, 0.5) is 4.39 Å². The number of halogens is 1. The average Bonchev–Trinajstić information content (AvgIpc) is 2.03. The maximum atomic E-state index is 12.5. The molecule has 0 saturated carbocycles. The zero-order valence-corrected chi connectivity index (χ0v) is 7.70. The Hall–Kier alpha value is -0.700. The summed E-state index contributed by atoms with van der Waals surface area (Å²) in [5, 5.41) is 9.26. The van der Waals surface area contributed by atoms with Crippen LogP contribution in [0, 0.1) is 5.82 Å². The summed E-state index contributed by atoms with van der Waals surface area (Å²) >= 11 is 1.70. The lowest BCUT2D eigenvalue weighted by molar-refractivity contribution is 0.464. The molecule has 0 radical (unpaired) electrons. The van der Waals surface area contributed by atoms with Gasteiger partial charge in [0.05, 0.1) is 0 Å². The van der Waals surface area contributed by atoms with Crippen molar-refractivity contribution in [2.24, 2.45) is 0 Å². The summed E-state index contributed by atoms with van der Waals surface area (Å²) in [6.45, 7) is 2.05. The van der Waals surface area contributed by atoms with E-state index in [0.717, 1.165) is 23.1 Å². The molecule has 1 N–H and O–H groups in total. The average molecular weight is 186 g/mol. The molecular formula is C9H11FOS. The molecule has 0 unspecified atom stereocenters. The number of hydrogen-bond donors (Lipinski definition) is 1. The largest absolute Gasteiger partial charge is 0.508 e. The molecule has 1 aromatic rings. The first-order valence-electron chi connectivity index (χ1n) is 3.79. The second-order valence-electron chi connectivity index (χ2n) is 2.41. The quantitative estimate of drug-likeness (QED) is 0.783. The van der Waals surface area contributed by atoms with E-state index >= 15 is 0 Å². The van der Waals surface area contributed by atoms with E-state index in [1.165, 1.54) is 6.07 Å². The van der Waals surface area contributed by atoms with Crippen LogP contribution in [-0.4, -0.2) is 10.9 Å². The lowest BCUT2D eigenvalue weighted by atomic mass is 10.2. The van der Waals surface area contributed by atoms with E-state index in [0.29, 0.717) is 0 Å². The first-order valence-corrected chi connectivity index (χ1v) is 4.94. The fraction of sp³-hybridized carbons (Fsp3) is 0.333. The van der Waals surface area contributed by atoms with Crippen molar-refractivity contribution in [1.82, 2.24) is 0 Å². The minimum absolute atomic E-state index is 0.0518. The minimum Gasteiger partial charge on any atom is -0.508 e. The summed E-state index contributed by atoms with van der Waals surface area (Å²) in [7, 11) is 0. The van der Waals surface area contributed by atoms with Crippen LogP contribution in [0.1, 0.15) is 12.5 Å². The molecule has 1 rings (SSSR count). The van der Waals surface area contributed by atoms with Crippen LogP contribution in [0.25, 0.3) is 0 Å². The van der Waals surface area contributed by atoms with E-state index in [-0.39, 0.29) is 5.75 Å². The normalized spacial score (nSPS) is 10.2. The molecule has 3 heteroatoms. The number of hydrogen-bond acceptors (Lipinski definition) is 2. The van der Waals surface area contributed by atoms with Crippen LogP contribution in [0.15, 0.2) is 18.2 Å². The maximum Gasteiger partial charge on any atom is 0.126 e. The van der Waals surface area contributed by atoms with Gasteiger partial charge in [-0.15, -0.1) is 0 Å². The van der Waals surface area contributed by atoms with Crippen molar-refractivity contribution in [1.29, 1.82) is 0 Å². The lowest BCUT2D eigenvalue weighted by Crippen LogP contribution is -1.83. The van der Waals surface area contributed by atoms with E-state index < -0.39 is 5.82 Å². The summed E-state index contributed by atoms with van der Waals surface area (Å²) in [5.74, 6) is 1.40. The summed E-state index contributed by atoms with van der Waals surface area (Å²) in [6, 6.07) is 4.13. The molecule has 1 aromatic carbocycles. The van der Waals surface area contributed by atoms with Gasteiger partial charge in [-0.05, 0) is 11.8 Å². The molecule has 0 aromatic heterocycles. The third kappa shape index (κ3) is 2.41. The molecular weight excluding hydrogens is 175 g/mol. The molecule has 0 fully saturated rings. The molecule has 0 saturated heterocycles. The number of phenolic OH excluding ortho intramolecular Hbond substituents is 1. The van der Waals surface area contributed by atoms with Crippen LogP contribution >= 0.6 is 11.8 Å². The topological polar surface area (TPSA) is 20.2 Å². The summed E-state index contributed by atoms with van der Waals surface area (Å²) in [5.41, 5.74) is 0.795. The molecule has 66 valence electrons. The van der Waals surface area contributed by atoms with Gasteiger partial charge in [-0.25, -0.2) is 4.39 Å². The Bertz CT molecular complexity index is 263. The Morgan fingerprint density at radius 1 is 1.50 bits per heavy atom. The van der Waals surface area contributed by atoms with E-state index in [1.54, 1.807) is 17.8 Å². The highest BCUT2D eigenvalue weighted by molar-refractivity contribution is 7.98.